The molecule has 3 N–H and O–H groups in total. The average Bonchev–Trinajstić information content (AvgIpc) is 2.31. The number of anilines is 1. The number of nitrogens with one attached hydrogen (secondary N) is 1. The molecule has 0 unspecified atom stereocenters. The van der Waals surface area contributed by atoms with Gasteiger partial charge in [0, 0.05) is 23.7 Å². The van der Waals surface area contributed by atoms with E-state index < -0.39 is 0 Å². The summed E-state index contributed by atoms with van der Waals surface area (Å²) in [6.07, 6.45) is 3.84. The Labute approximate surface area is 105 Å². The summed E-state index contributed by atoms with van der Waals surface area (Å²) in [6.45, 7) is 0. The van der Waals surface area contributed by atoms with E-state index in [1.807, 2.05) is 24.3 Å². The summed E-state index contributed by atoms with van der Waals surface area (Å²) in [6, 6.07) is 8.60. The number of pyridine rings is 1. The van der Waals surface area contributed by atoms with E-state index >= 15 is 0 Å². The lowest BCUT2D eigenvalue weighted by Crippen LogP contribution is -2.44. The first-order valence-electron chi connectivity index (χ1n) is 5.79. The molecule has 0 atom stereocenters. The number of hydrogen-bond donors (Lipinski definition) is 2. The van der Waals surface area contributed by atoms with Gasteiger partial charge in [0.2, 0.25) is 0 Å². The standard InChI is InChI=1S/C13H14ClN3/c14-11-3-4-12(17-9-6-8(15)7-9)13-10(11)2-1-5-16-13/h1-5,8-9,17H,6-7,15H2. The van der Waals surface area contributed by atoms with Crippen LogP contribution in [0.25, 0.3) is 10.9 Å². The van der Waals surface area contributed by atoms with E-state index in [0.717, 1.165) is 34.5 Å². The van der Waals surface area contributed by atoms with Gasteiger partial charge in [-0.15, -0.1) is 0 Å². The lowest BCUT2D eigenvalue weighted by molar-refractivity contribution is 0.374. The highest BCUT2D eigenvalue weighted by molar-refractivity contribution is 6.35. The minimum atomic E-state index is 0.346. The molecule has 0 spiro atoms. The second kappa shape index (κ2) is 4.17. The van der Waals surface area contributed by atoms with Crippen LogP contribution in [0.4, 0.5) is 5.69 Å². The van der Waals surface area contributed by atoms with Crippen LogP contribution in [0.15, 0.2) is 30.5 Å². The SMILES string of the molecule is NC1CC(Nc2ccc(Cl)c3cccnc23)C1. The van der Waals surface area contributed by atoms with E-state index in [4.69, 9.17) is 17.3 Å². The van der Waals surface area contributed by atoms with Gasteiger partial charge in [0.05, 0.1) is 16.2 Å². The molecule has 88 valence electrons. The van der Waals surface area contributed by atoms with Crippen molar-refractivity contribution in [2.75, 3.05) is 5.32 Å². The first-order valence-corrected chi connectivity index (χ1v) is 6.17. The molecule has 17 heavy (non-hydrogen) atoms. The Kier molecular flexibility index (Phi) is 2.65. The van der Waals surface area contributed by atoms with E-state index in [9.17, 15) is 0 Å². The molecule has 4 heteroatoms. The molecule has 0 saturated heterocycles. The van der Waals surface area contributed by atoms with E-state index in [1.54, 1.807) is 6.20 Å². The fourth-order valence-electron chi connectivity index (χ4n) is 2.25. The molecular formula is C13H14ClN3. The fourth-order valence-corrected chi connectivity index (χ4v) is 2.47. The van der Waals surface area contributed by atoms with Crippen molar-refractivity contribution >= 4 is 28.2 Å². The van der Waals surface area contributed by atoms with Crippen LogP contribution >= 0.6 is 11.6 Å². The van der Waals surface area contributed by atoms with Gasteiger partial charge in [-0.1, -0.05) is 11.6 Å². The molecular weight excluding hydrogens is 234 g/mol. The second-order valence-electron chi connectivity index (χ2n) is 4.57. The molecule has 0 amide bonds. The number of nitrogens with two attached hydrogens (primary N) is 1. The Balaban J connectivity index is 1.96. The number of aromatic nitrogens is 1. The molecule has 0 radical (unpaired) electrons. The van der Waals surface area contributed by atoms with Gasteiger partial charge in [0.15, 0.2) is 0 Å². The summed E-state index contributed by atoms with van der Waals surface area (Å²) >= 11 is 6.15. The molecule has 2 aromatic rings. The smallest absolute Gasteiger partial charge is 0.0948 e. The maximum Gasteiger partial charge on any atom is 0.0948 e. The van der Waals surface area contributed by atoms with Crippen LogP contribution in [0.2, 0.25) is 5.02 Å². The molecule has 1 aliphatic rings. The third-order valence-electron chi connectivity index (χ3n) is 3.25. The van der Waals surface area contributed by atoms with Crippen LogP contribution in [0, 0.1) is 0 Å². The zero-order chi connectivity index (χ0) is 11.8. The van der Waals surface area contributed by atoms with Crippen molar-refractivity contribution < 1.29 is 0 Å². The van der Waals surface area contributed by atoms with Gasteiger partial charge in [-0.25, -0.2) is 0 Å². The third kappa shape index (κ3) is 1.96. The van der Waals surface area contributed by atoms with Crippen molar-refractivity contribution in [2.24, 2.45) is 5.73 Å². The highest BCUT2D eigenvalue weighted by Crippen LogP contribution is 2.30. The average molecular weight is 248 g/mol. The van der Waals surface area contributed by atoms with Gasteiger partial charge in [-0.2, -0.15) is 0 Å². The number of rotatable bonds is 2. The minimum absolute atomic E-state index is 0.346. The summed E-state index contributed by atoms with van der Waals surface area (Å²) in [5.74, 6) is 0. The van der Waals surface area contributed by atoms with E-state index in [2.05, 4.69) is 10.3 Å². The van der Waals surface area contributed by atoms with Crippen LogP contribution in [0.5, 0.6) is 0 Å². The first-order chi connectivity index (χ1) is 8.24. The highest BCUT2D eigenvalue weighted by atomic mass is 35.5. The summed E-state index contributed by atoms with van der Waals surface area (Å²) in [4.78, 5) is 4.39. The Morgan fingerprint density at radius 2 is 2.12 bits per heavy atom. The topological polar surface area (TPSA) is 50.9 Å². The molecule has 1 aromatic heterocycles. The van der Waals surface area contributed by atoms with Crippen molar-refractivity contribution in [3.8, 4) is 0 Å². The summed E-state index contributed by atoms with van der Waals surface area (Å²) in [7, 11) is 0. The molecule has 0 aliphatic heterocycles. The molecule has 1 aromatic carbocycles. The van der Waals surface area contributed by atoms with E-state index in [0.29, 0.717) is 12.1 Å². The minimum Gasteiger partial charge on any atom is -0.380 e. The van der Waals surface area contributed by atoms with Crippen LogP contribution in [0.3, 0.4) is 0 Å². The number of benzene rings is 1. The van der Waals surface area contributed by atoms with Gasteiger partial charge >= 0.3 is 0 Å². The number of hydrogen-bond acceptors (Lipinski definition) is 3. The zero-order valence-corrected chi connectivity index (χ0v) is 10.1. The normalized spacial score (nSPS) is 23.4. The van der Waals surface area contributed by atoms with Crippen LogP contribution in [-0.2, 0) is 0 Å². The quantitative estimate of drug-likeness (QED) is 0.858. The van der Waals surface area contributed by atoms with Crippen LogP contribution in [-0.4, -0.2) is 17.1 Å². The molecule has 3 nitrogen and oxygen atoms in total. The van der Waals surface area contributed by atoms with Crippen molar-refractivity contribution in [1.29, 1.82) is 0 Å². The van der Waals surface area contributed by atoms with Crippen molar-refractivity contribution in [1.82, 2.24) is 4.98 Å². The van der Waals surface area contributed by atoms with Crippen molar-refractivity contribution in [3.05, 3.63) is 35.5 Å². The predicted molar refractivity (Wildman–Crippen MR) is 71.4 cm³/mol. The Morgan fingerprint density at radius 1 is 1.29 bits per heavy atom. The summed E-state index contributed by atoms with van der Waals surface area (Å²) in [5, 5.41) is 5.21. The molecule has 1 aliphatic carbocycles. The lowest BCUT2D eigenvalue weighted by Gasteiger charge is -2.34. The van der Waals surface area contributed by atoms with Crippen LogP contribution < -0.4 is 11.1 Å². The molecule has 1 heterocycles. The van der Waals surface area contributed by atoms with Gasteiger partial charge in [-0.3, -0.25) is 4.98 Å². The van der Waals surface area contributed by atoms with Gasteiger partial charge < -0.3 is 11.1 Å². The maximum absolute atomic E-state index is 6.15. The number of fused-ring (bicyclic) bond motifs is 1. The highest BCUT2D eigenvalue weighted by Gasteiger charge is 2.26. The van der Waals surface area contributed by atoms with Gasteiger partial charge in [0.25, 0.3) is 0 Å². The zero-order valence-electron chi connectivity index (χ0n) is 9.36. The lowest BCUT2D eigenvalue weighted by atomic mass is 9.87. The predicted octanol–water partition coefficient (Wildman–Crippen LogP) is 2.79. The third-order valence-corrected chi connectivity index (χ3v) is 3.58. The second-order valence-corrected chi connectivity index (χ2v) is 4.97. The Hall–Kier alpha value is -1.32. The molecule has 1 saturated carbocycles. The number of nitrogens with zero attached hydrogens (tertiary/aromatic N) is 1. The molecule has 0 bridgehead atoms. The maximum atomic E-state index is 6.15. The first kappa shape index (κ1) is 10.8. The molecule has 1 fully saturated rings. The Bertz CT molecular complexity index is 549. The number of halogens is 1. The van der Waals surface area contributed by atoms with Gasteiger partial charge in [0.1, 0.15) is 0 Å². The fraction of sp³-hybridized carbons (Fsp3) is 0.308. The summed E-state index contributed by atoms with van der Waals surface area (Å²) < 4.78 is 0. The molecule has 3 rings (SSSR count). The monoisotopic (exact) mass is 247 g/mol. The van der Waals surface area contributed by atoms with Gasteiger partial charge in [-0.05, 0) is 37.1 Å². The van der Waals surface area contributed by atoms with E-state index in [-0.39, 0.29) is 0 Å². The van der Waals surface area contributed by atoms with Crippen molar-refractivity contribution in [3.63, 3.8) is 0 Å². The van der Waals surface area contributed by atoms with Crippen molar-refractivity contribution in [2.45, 2.75) is 24.9 Å². The van der Waals surface area contributed by atoms with Crippen LogP contribution in [0.1, 0.15) is 12.8 Å². The van der Waals surface area contributed by atoms with E-state index in [1.165, 1.54) is 0 Å². The largest absolute Gasteiger partial charge is 0.380 e. The Morgan fingerprint density at radius 3 is 2.88 bits per heavy atom. The summed E-state index contributed by atoms with van der Waals surface area (Å²) in [5.41, 5.74) is 7.76.